The third-order valence-electron chi connectivity index (χ3n) is 1.88. The molecule has 0 N–H and O–H groups in total. The molecule has 1 aromatic carbocycles. The second-order valence-corrected chi connectivity index (χ2v) is 3.84. The highest BCUT2D eigenvalue weighted by molar-refractivity contribution is 14.1. The molecule has 0 saturated carbocycles. The Kier molecular flexibility index (Phi) is 3.19. The van der Waals surface area contributed by atoms with E-state index >= 15 is 0 Å². The minimum atomic E-state index is 0.847. The predicted octanol–water partition coefficient (Wildman–Crippen LogP) is 3.89. The van der Waals surface area contributed by atoms with Gasteiger partial charge in [0.2, 0.25) is 0 Å². The topological polar surface area (TPSA) is 0 Å². The zero-order valence-electron chi connectivity index (χ0n) is 6.62. The van der Waals surface area contributed by atoms with Gasteiger partial charge in [-0.1, -0.05) is 34.2 Å². The molecule has 0 heterocycles. The van der Waals surface area contributed by atoms with Crippen molar-refractivity contribution >= 4 is 34.2 Å². The van der Waals surface area contributed by atoms with Crippen LogP contribution in [0, 0.1) is 13.8 Å². The van der Waals surface area contributed by atoms with Crippen molar-refractivity contribution in [2.45, 2.75) is 18.3 Å². The molecule has 0 nitrogen and oxygen atoms in total. The Morgan fingerprint density at radius 3 is 2.55 bits per heavy atom. The summed E-state index contributed by atoms with van der Waals surface area (Å²) in [7, 11) is 0. The molecule has 0 unspecified atom stereocenters. The van der Waals surface area contributed by atoms with Crippen LogP contribution in [0.25, 0.3) is 0 Å². The van der Waals surface area contributed by atoms with Gasteiger partial charge in [0.25, 0.3) is 0 Å². The fourth-order valence-electron chi connectivity index (χ4n) is 1.02. The second kappa shape index (κ2) is 3.76. The smallest absolute Gasteiger partial charge is 0.0411 e. The van der Waals surface area contributed by atoms with Gasteiger partial charge in [0.15, 0.2) is 0 Å². The molecule has 0 bridgehead atoms. The van der Waals surface area contributed by atoms with Crippen molar-refractivity contribution in [2.75, 3.05) is 0 Å². The molecule has 0 aliphatic rings. The number of rotatable bonds is 1. The number of hydrogen-bond donors (Lipinski definition) is 0. The van der Waals surface area contributed by atoms with Gasteiger partial charge in [-0.3, -0.25) is 0 Å². The first-order chi connectivity index (χ1) is 5.15. The van der Waals surface area contributed by atoms with Gasteiger partial charge in [0.1, 0.15) is 0 Å². The second-order valence-electron chi connectivity index (χ2n) is 2.64. The zero-order chi connectivity index (χ0) is 8.43. The lowest BCUT2D eigenvalue weighted by atomic mass is 10.1. The molecule has 0 saturated heterocycles. The van der Waals surface area contributed by atoms with E-state index in [1.807, 2.05) is 12.1 Å². The first-order valence-corrected chi connectivity index (χ1v) is 5.37. The van der Waals surface area contributed by atoms with Crippen molar-refractivity contribution in [3.8, 4) is 0 Å². The molecule has 1 aromatic rings. The summed E-state index contributed by atoms with van der Waals surface area (Å²) in [4.78, 5) is 0. The van der Waals surface area contributed by atoms with E-state index in [2.05, 4.69) is 36.4 Å². The molecule has 0 atom stereocenters. The lowest BCUT2D eigenvalue weighted by molar-refractivity contribution is 1.26. The molecular formula is C9H10ClI. The largest absolute Gasteiger partial charge is 0.0843 e. The standard InChI is InChI=1S/C9H10ClI/c1-6-3-9(10)4-8(5-11)7(6)2/h3-4H,5H2,1-2H3. The number of hydrogen-bond acceptors (Lipinski definition) is 0. The average Bonchev–Trinajstić information content (AvgIpc) is 1.96. The first kappa shape index (κ1) is 9.33. The summed E-state index contributed by atoms with van der Waals surface area (Å²) in [6.45, 7) is 4.23. The molecule has 1 rings (SSSR count). The molecule has 0 radical (unpaired) electrons. The fraction of sp³-hybridized carbons (Fsp3) is 0.333. The van der Waals surface area contributed by atoms with Gasteiger partial charge in [0.05, 0.1) is 0 Å². The van der Waals surface area contributed by atoms with Crippen LogP contribution in [0.1, 0.15) is 16.7 Å². The minimum Gasteiger partial charge on any atom is -0.0843 e. The van der Waals surface area contributed by atoms with E-state index in [0.717, 1.165) is 9.45 Å². The normalized spacial score (nSPS) is 10.2. The van der Waals surface area contributed by atoms with Crippen LogP contribution >= 0.6 is 34.2 Å². The van der Waals surface area contributed by atoms with Crippen molar-refractivity contribution in [1.29, 1.82) is 0 Å². The summed E-state index contributed by atoms with van der Waals surface area (Å²) in [5.41, 5.74) is 3.99. The van der Waals surface area contributed by atoms with Crippen molar-refractivity contribution in [3.05, 3.63) is 33.8 Å². The third kappa shape index (κ3) is 2.09. The number of aryl methyl sites for hydroxylation is 1. The van der Waals surface area contributed by atoms with Crippen LogP contribution < -0.4 is 0 Å². The van der Waals surface area contributed by atoms with E-state index in [4.69, 9.17) is 11.6 Å². The lowest BCUT2D eigenvalue weighted by Gasteiger charge is -2.05. The molecule has 11 heavy (non-hydrogen) atoms. The van der Waals surface area contributed by atoms with Crippen molar-refractivity contribution in [1.82, 2.24) is 0 Å². The number of alkyl halides is 1. The Morgan fingerprint density at radius 2 is 2.00 bits per heavy atom. The Morgan fingerprint density at radius 1 is 1.36 bits per heavy atom. The maximum absolute atomic E-state index is 5.90. The molecule has 60 valence electrons. The van der Waals surface area contributed by atoms with Crippen LogP contribution in [-0.4, -0.2) is 0 Å². The van der Waals surface area contributed by atoms with Gasteiger partial charge in [0, 0.05) is 9.45 Å². The van der Waals surface area contributed by atoms with Crippen molar-refractivity contribution < 1.29 is 0 Å². The van der Waals surface area contributed by atoms with Crippen LogP contribution in [0.4, 0.5) is 0 Å². The third-order valence-corrected chi connectivity index (χ3v) is 2.92. The SMILES string of the molecule is Cc1cc(Cl)cc(CI)c1C. The van der Waals surface area contributed by atoms with Crippen molar-refractivity contribution in [2.24, 2.45) is 0 Å². The first-order valence-electron chi connectivity index (χ1n) is 3.46. The molecular weight excluding hydrogens is 270 g/mol. The summed E-state index contributed by atoms with van der Waals surface area (Å²) in [6.07, 6.45) is 0. The number of halogens is 2. The summed E-state index contributed by atoms with van der Waals surface area (Å²) >= 11 is 8.25. The average molecular weight is 281 g/mol. The van der Waals surface area contributed by atoms with Gasteiger partial charge in [-0.15, -0.1) is 0 Å². The summed E-state index contributed by atoms with van der Waals surface area (Å²) in [6, 6.07) is 4.04. The molecule has 0 spiro atoms. The van der Waals surface area contributed by atoms with Crippen LogP contribution in [-0.2, 0) is 4.43 Å². The minimum absolute atomic E-state index is 0.847. The summed E-state index contributed by atoms with van der Waals surface area (Å²) in [5.74, 6) is 0. The van der Waals surface area contributed by atoms with E-state index in [1.54, 1.807) is 0 Å². The zero-order valence-corrected chi connectivity index (χ0v) is 9.53. The van der Waals surface area contributed by atoms with Gasteiger partial charge >= 0.3 is 0 Å². The van der Waals surface area contributed by atoms with Gasteiger partial charge < -0.3 is 0 Å². The van der Waals surface area contributed by atoms with Crippen LogP contribution in [0.2, 0.25) is 5.02 Å². The Labute approximate surface area is 86.1 Å². The maximum Gasteiger partial charge on any atom is 0.0411 e. The Balaban J connectivity index is 3.24. The molecule has 0 fully saturated rings. The van der Waals surface area contributed by atoms with Crippen molar-refractivity contribution in [3.63, 3.8) is 0 Å². The fourth-order valence-corrected chi connectivity index (χ4v) is 2.11. The van der Waals surface area contributed by atoms with Crippen LogP contribution in [0.5, 0.6) is 0 Å². The van der Waals surface area contributed by atoms with E-state index in [9.17, 15) is 0 Å². The van der Waals surface area contributed by atoms with Crippen LogP contribution in [0.3, 0.4) is 0 Å². The van der Waals surface area contributed by atoms with E-state index in [1.165, 1.54) is 16.7 Å². The maximum atomic E-state index is 5.90. The Bertz CT molecular complexity index is 269. The quantitative estimate of drug-likeness (QED) is 0.541. The highest BCUT2D eigenvalue weighted by atomic mass is 127. The van der Waals surface area contributed by atoms with Gasteiger partial charge in [-0.05, 0) is 42.7 Å². The molecule has 0 aromatic heterocycles. The van der Waals surface area contributed by atoms with E-state index < -0.39 is 0 Å². The molecule has 0 amide bonds. The van der Waals surface area contributed by atoms with Gasteiger partial charge in [-0.2, -0.15) is 0 Å². The summed E-state index contributed by atoms with van der Waals surface area (Å²) < 4.78 is 1.03. The molecule has 0 aliphatic heterocycles. The lowest BCUT2D eigenvalue weighted by Crippen LogP contribution is -1.88. The van der Waals surface area contributed by atoms with Gasteiger partial charge in [-0.25, -0.2) is 0 Å². The highest BCUT2D eigenvalue weighted by Gasteiger charge is 2.00. The van der Waals surface area contributed by atoms with Crippen LogP contribution in [0.15, 0.2) is 12.1 Å². The van der Waals surface area contributed by atoms with E-state index in [0.29, 0.717) is 0 Å². The number of benzene rings is 1. The Hall–Kier alpha value is 0.240. The van der Waals surface area contributed by atoms with E-state index in [-0.39, 0.29) is 0 Å². The monoisotopic (exact) mass is 280 g/mol. The molecule has 2 heteroatoms. The molecule has 0 aliphatic carbocycles. The highest BCUT2D eigenvalue weighted by Crippen LogP contribution is 2.21. The predicted molar refractivity (Wildman–Crippen MR) is 58.7 cm³/mol. The summed E-state index contributed by atoms with van der Waals surface area (Å²) in [5, 5.41) is 0.847.